The van der Waals surface area contributed by atoms with E-state index in [-0.39, 0.29) is 42.4 Å². The minimum absolute atomic E-state index is 0.0112. The van der Waals surface area contributed by atoms with Gasteiger partial charge in [0.15, 0.2) is 5.78 Å². The summed E-state index contributed by atoms with van der Waals surface area (Å²) in [4.78, 5) is 49.5. The molecule has 5 rings (SSSR count). The van der Waals surface area contributed by atoms with Crippen LogP contribution in [0.1, 0.15) is 86.5 Å². The maximum Gasteiger partial charge on any atom is 0.225 e. The van der Waals surface area contributed by atoms with Crippen molar-refractivity contribution in [3.63, 3.8) is 0 Å². The number of ketones is 1. The van der Waals surface area contributed by atoms with Crippen LogP contribution in [0.15, 0.2) is 66.9 Å². The zero-order chi connectivity index (χ0) is 27.2. The number of likely N-dealkylation sites (tertiary alicyclic amines) is 1. The van der Waals surface area contributed by atoms with Crippen molar-refractivity contribution in [2.24, 2.45) is 5.92 Å². The van der Waals surface area contributed by atoms with Gasteiger partial charge < -0.3 is 15.2 Å². The van der Waals surface area contributed by atoms with Crippen molar-refractivity contribution in [1.29, 1.82) is 0 Å². The second-order valence-corrected chi connectivity index (χ2v) is 11.2. The maximum absolute atomic E-state index is 13.5. The van der Waals surface area contributed by atoms with E-state index < -0.39 is 6.04 Å². The lowest BCUT2D eigenvalue weighted by molar-refractivity contribution is -0.136. The molecule has 3 atom stereocenters. The molecule has 2 N–H and O–H groups in total. The van der Waals surface area contributed by atoms with Crippen molar-refractivity contribution in [2.45, 2.75) is 76.3 Å². The minimum Gasteiger partial charge on any atom is -0.346 e. The van der Waals surface area contributed by atoms with Gasteiger partial charge in [0, 0.05) is 43.6 Å². The van der Waals surface area contributed by atoms with Gasteiger partial charge in [-0.1, -0.05) is 67.6 Å². The third-order valence-electron chi connectivity index (χ3n) is 7.89. The molecule has 0 radical (unpaired) electrons. The normalized spacial score (nSPS) is 18.5. The Balaban J connectivity index is 1.24. The van der Waals surface area contributed by atoms with E-state index in [0.29, 0.717) is 18.9 Å². The van der Waals surface area contributed by atoms with Crippen molar-refractivity contribution in [1.82, 2.24) is 20.2 Å². The lowest BCUT2D eigenvalue weighted by atomic mass is 9.96. The van der Waals surface area contributed by atoms with E-state index in [9.17, 15) is 14.4 Å². The summed E-state index contributed by atoms with van der Waals surface area (Å²) >= 11 is 0. The quantitative estimate of drug-likeness (QED) is 0.343. The Labute approximate surface area is 230 Å². The molecule has 2 amide bonds. The molecule has 1 aliphatic heterocycles. The van der Waals surface area contributed by atoms with Crippen LogP contribution in [0.2, 0.25) is 0 Å². The van der Waals surface area contributed by atoms with Crippen LogP contribution >= 0.6 is 0 Å². The number of amides is 2. The second kappa shape index (κ2) is 12.4. The summed E-state index contributed by atoms with van der Waals surface area (Å²) < 4.78 is 0. The highest BCUT2D eigenvalue weighted by Crippen LogP contribution is 2.33. The lowest BCUT2D eigenvalue weighted by Gasteiger charge is -2.27. The summed E-state index contributed by atoms with van der Waals surface area (Å²) in [5.74, 6) is 0.637. The number of Topliss-reactive ketones (excluding diaryl/α,β-unsaturated/α-hetero) is 1. The highest BCUT2D eigenvalue weighted by Gasteiger charge is 2.34. The first-order valence-corrected chi connectivity index (χ1v) is 14.2. The van der Waals surface area contributed by atoms with Gasteiger partial charge in [-0.25, -0.2) is 4.98 Å². The Hall–Kier alpha value is -3.74. The van der Waals surface area contributed by atoms with Crippen LogP contribution in [-0.2, 0) is 20.8 Å². The zero-order valence-electron chi connectivity index (χ0n) is 22.6. The molecule has 7 nitrogen and oxygen atoms in total. The van der Waals surface area contributed by atoms with Crippen molar-refractivity contribution in [2.75, 3.05) is 6.54 Å². The number of H-pyrrole nitrogens is 1. The van der Waals surface area contributed by atoms with E-state index in [1.54, 1.807) is 0 Å². The SMILES string of the molecule is C[C@H](CC(=O)[C@H](CC(=O)N1CCC[C@@H]1c1ccccc1)NC(=O)CC1CC1)c1ncc(Cc2ccccc2)[nH]1. The first kappa shape index (κ1) is 26.9. The molecule has 7 heteroatoms. The van der Waals surface area contributed by atoms with Crippen molar-refractivity contribution in [3.05, 3.63) is 89.5 Å². The molecule has 0 spiro atoms. The van der Waals surface area contributed by atoms with Gasteiger partial charge >= 0.3 is 0 Å². The van der Waals surface area contributed by atoms with E-state index >= 15 is 0 Å². The Kier molecular flexibility index (Phi) is 8.54. The van der Waals surface area contributed by atoms with E-state index in [4.69, 9.17) is 0 Å². The van der Waals surface area contributed by atoms with E-state index in [1.165, 1.54) is 5.56 Å². The average molecular weight is 527 g/mol. The highest BCUT2D eigenvalue weighted by atomic mass is 16.2. The number of aromatic amines is 1. The van der Waals surface area contributed by atoms with Crippen molar-refractivity contribution >= 4 is 17.6 Å². The Morgan fingerprint density at radius 2 is 1.72 bits per heavy atom. The number of benzene rings is 2. The van der Waals surface area contributed by atoms with Crippen LogP contribution in [-0.4, -0.2) is 45.1 Å². The molecule has 1 aliphatic carbocycles. The predicted octanol–water partition coefficient (Wildman–Crippen LogP) is 5.10. The monoisotopic (exact) mass is 526 g/mol. The molecule has 39 heavy (non-hydrogen) atoms. The summed E-state index contributed by atoms with van der Waals surface area (Å²) in [6, 6.07) is 19.4. The van der Waals surface area contributed by atoms with Crippen LogP contribution in [0.5, 0.6) is 0 Å². The summed E-state index contributed by atoms with van der Waals surface area (Å²) in [7, 11) is 0. The van der Waals surface area contributed by atoms with E-state index in [2.05, 4.69) is 27.4 Å². The van der Waals surface area contributed by atoms with Crippen molar-refractivity contribution in [3.8, 4) is 0 Å². The molecule has 0 bridgehead atoms. The third-order valence-corrected chi connectivity index (χ3v) is 7.89. The number of hydrogen-bond donors (Lipinski definition) is 2. The van der Waals surface area contributed by atoms with E-state index in [1.807, 2.05) is 66.6 Å². The number of hydrogen-bond acceptors (Lipinski definition) is 4. The molecular weight excluding hydrogens is 488 g/mol. The molecule has 2 aromatic carbocycles. The van der Waals surface area contributed by atoms with Crippen LogP contribution in [0.25, 0.3) is 0 Å². The van der Waals surface area contributed by atoms with Gasteiger partial charge in [-0.2, -0.15) is 0 Å². The minimum atomic E-state index is -0.832. The molecular formula is C32H38N4O3. The fourth-order valence-corrected chi connectivity index (χ4v) is 5.53. The van der Waals surface area contributed by atoms with Crippen LogP contribution < -0.4 is 5.32 Å². The standard InChI is InChI=1S/C32H38N4O3/c1-22(32-33-21-26(34-32)18-23-9-4-2-5-10-23)17-29(37)27(35-30(38)19-24-14-15-24)20-31(39)36-16-8-13-28(36)25-11-6-3-7-12-25/h2-7,9-12,21-22,24,27-28H,8,13-20H2,1H3,(H,33,34)(H,35,38)/t22-,27+,28-/m1/s1. The molecule has 1 aromatic heterocycles. The first-order valence-electron chi connectivity index (χ1n) is 14.2. The number of carbonyl (C=O) groups is 3. The maximum atomic E-state index is 13.5. The van der Waals surface area contributed by atoms with Gasteiger partial charge in [-0.05, 0) is 42.7 Å². The first-order chi connectivity index (χ1) is 19.0. The smallest absolute Gasteiger partial charge is 0.225 e. The molecule has 204 valence electrons. The molecule has 2 aliphatic rings. The molecule has 0 unspecified atom stereocenters. The average Bonchev–Trinajstić information content (AvgIpc) is 3.40. The van der Waals surface area contributed by atoms with Gasteiger partial charge in [-0.15, -0.1) is 0 Å². The van der Waals surface area contributed by atoms with Crippen LogP contribution in [0, 0.1) is 5.92 Å². The molecule has 1 saturated heterocycles. The molecule has 1 saturated carbocycles. The van der Waals surface area contributed by atoms with Gasteiger partial charge in [0.05, 0.1) is 18.5 Å². The number of carbonyl (C=O) groups excluding carboxylic acids is 3. The molecule has 2 heterocycles. The lowest BCUT2D eigenvalue weighted by Crippen LogP contribution is -2.45. The van der Waals surface area contributed by atoms with Crippen molar-refractivity contribution < 1.29 is 14.4 Å². The van der Waals surface area contributed by atoms with Gasteiger partial charge in [0.25, 0.3) is 0 Å². The number of aromatic nitrogens is 2. The summed E-state index contributed by atoms with van der Waals surface area (Å²) in [6.07, 6.45) is 7.11. The van der Waals surface area contributed by atoms with Gasteiger partial charge in [0.2, 0.25) is 11.8 Å². The highest BCUT2D eigenvalue weighted by molar-refractivity contribution is 5.93. The Morgan fingerprint density at radius 3 is 2.44 bits per heavy atom. The Bertz CT molecular complexity index is 1270. The number of nitrogens with one attached hydrogen (secondary N) is 2. The molecule has 2 fully saturated rings. The van der Waals surface area contributed by atoms with Gasteiger partial charge in [-0.3, -0.25) is 14.4 Å². The van der Waals surface area contributed by atoms with E-state index in [0.717, 1.165) is 49.2 Å². The Morgan fingerprint density at radius 1 is 1.00 bits per heavy atom. The topological polar surface area (TPSA) is 95.2 Å². The van der Waals surface area contributed by atoms with Gasteiger partial charge in [0.1, 0.15) is 5.82 Å². The fourth-order valence-electron chi connectivity index (χ4n) is 5.53. The largest absolute Gasteiger partial charge is 0.346 e. The number of rotatable bonds is 12. The van der Waals surface area contributed by atoms with Crippen LogP contribution in [0.4, 0.5) is 0 Å². The second-order valence-electron chi connectivity index (χ2n) is 11.2. The third kappa shape index (κ3) is 7.22. The zero-order valence-corrected chi connectivity index (χ0v) is 22.6. The summed E-state index contributed by atoms with van der Waals surface area (Å²) in [5.41, 5.74) is 3.28. The van der Waals surface area contributed by atoms with Crippen LogP contribution in [0.3, 0.4) is 0 Å². The fraction of sp³-hybridized carbons (Fsp3) is 0.438. The predicted molar refractivity (Wildman–Crippen MR) is 150 cm³/mol. The number of imidazole rings is 1. The summed E-state index contributed by atoms with van der Waals surface area (Å²) in [6.45, 7) is 2.63. The number of nitrogens with zero attached hydrogens (tertiary/aromatic N) is 2. The summed E-state index contributed by atoms with van der Waals surface area (Å²) in [5, 5.41) is 2.93. The molecule has 3 aromatic rings.